The molecule has 0 amide bonds. The van der Waals surface area contributed by atoms with E-state index in [0.29, 0.717) is 0 Å². The highest BCUT2D eigenvalue weighted by Crippen LogP contribution is 2.36. The third-order valence-electron chi connectivity index (χ3n) is 12.2. The number of benzene rings is 7. The van der Waals surface area contributed by atoms with E-state index in [1.54, 1.807) is 0 Å². The van der Waals surface area contributed by atoms with E-state index in [9.17, 15) is 0 Å². The third-order valence-corrected chi connectivity index (χ3v) is 17.5. The van der Waals surface area contributed by atoms with Gasteiger partial charge in [-0.25, -0.2) is 0 Å². The number of allylic oxidation sites excluding steroid dienone is 4. The average Bonchev–Trinajstić information content (AvgIpc) is 3.81. The summed E-state index contributed by atoms with van der Waals surface area (Å²) < 4.78 is 4.84. The largest absolute Gasteiger partial charge is 0.309 e. The molecule has 10 aromatic rings. The Morgan fingerprint density at radius 1 is 0.439 bits per heavy atom. The van der Waals surface area contributed by atoms with Crippen LogP contribution in [0.2, 0.25) is 5.54 Å². The van der Waals surface area contributed by atoms with Crippen LogP contribution in [0.5, 0.6) is 0 Å². The summed E-state index contributed by atoms with van der Waals surface area (Å²) >= 11 is 0. The zero-order valence-electron chi connectivity index (χ0n) is 31.4. The molecular weight excluding hydrogens is 707 g/mol. The van der Waals surface area contributed by atoms with Crippen molar-refractivity contribution in [3.63, 3.8) is 0 Å². The van der Waals surface area contributed by atoms with Gasteiger partial charge < -0.3 is 9.13 Å². The van der Waals surface area contributed by atoms with Crippen molar-refractivity contribution in [3.05, 3.63) is 219 Å². The number of hydrogen-bond donors (Lipinski definition) is 0. The van der Waals surface area contributed by atoms with Crippen molar-refractivity contribution in [2.45, 2.75) is 12.0 Å². The molecule has 3 aromatic heterocycles. The molecule has 0 saturated carbocycles. The summed E-state index contributed by atoms with van der Waals surface area (Å²) in [6, 6.07) is 69.5. The molecule has 1 unspecified atom stereocenters. The Hall–Kier alpha value is -7.01. The van der Waals surface area contributed by atoms with Crippen LogP contribution in [0.1, 0.15) is 6.42 Å². The zero-order chi connectivity index (χ0) is 37.8. The van der Waals surface area contributed by atoms with Gasteiger partial charge in [0.1, 0.15) is 0 Å². The maximum Gasteiger partial charge on any atom is 0.156 e. The minimum Gasteiger partial charge on any atom is -0.309 e. The van der Waals surface area contributed by atoms with Gasteiger partial charge in [0.2, 0.25) is 0 Å². The minimum atomic E-state index is -2.88. The highest BCUT2D eigenvalue weighted by atomic mass is 28.3. The Kier molecular flexibility index (Phi) is 7.97. The Labute approximate surface area is 333 Å². The molecule has 1 atom stereocenters. The molecule has 57 heavy (non-hydrogen) atoms. The summed E-state index contributed by atoms with van der Waals surface area (Å²) in [7, 11) is -2.88. The number of para-hydroxylation sites is 4. The number of hydrogen-bond acceptors (Lipinski definition) is 1. The third kappa shape index (κ3) is 5.22. The van der Waals surface area contributed by atoms with Gasteiger partial charge in [0.05, 0.1) is 27.8 Å². The fraction of sp³-hybridized carbons (Fsp3) is 0.0377. The first-order valence-corrected chi connectivity index (χ1v) is 21.9. The first-order valence-electron chi connectivity index (χ1n) is 19.8. The van der Waals surface area contributed by atoms with Crippen molar-refractivity contribution in [1.29, 1.82) is 0 Å². The summed E-state index contributed by atoms with van der Waals surface area (Å²) in [6.07, 6.45) is 12.2. The summed E-state index contributed by atoms with van der Waals surface area (Å²) in [6.45, 7) is 0. The van der Waals surface area contributed by atoms with Gasteiger partial charge in [0.25, 0.3) is 0 Å². The van der Waals surface area contributed by atoms with E-state index in [4.69, 9.17) is 4.98 Å². The fourth-order valence-electron chi connectivity index (χ4n) is 9.73. The van der Waals surface area contributed by atoms with Crippen molar-refractivity contribution in [1.82, 2.24) is 14.1 Å². The van der Waals surface area contributed by atoms with Crippen molar-refractivity contribution in [2.75, 3.05) is 0 Å². The summed E-state index contributed by atoms with van der Waals surface area (Å²) in [5.41, 5.74) is 9.68. The van der Waals surface area contributed by atoms with Gasteiger partial charge in [0, 0.05) is 44.7 Å². The van der Waals surface area contributed by atoms with E-state index < -0.39 is 8.07 Å². The van der Waals surface area contributed by atoms with Gasteiger partial charge in [-0.05, 0) is 88.2 Å². The normalized spacial score (nSPS) is 14.3. The van der Waals surface area contributed by atoms with E-state index >= 15 is 0 Å². The van der Waals surface area contributed by atoms with Crippen molar-refractivity contribution >= 4 is 67.2 Å². The second-order valence-corrected chi connectivity index (χ2v) is 19.1. The Morgan fingerprint density at radius 2 is 0.895 bits per heavy atom. The number of nitrogens with zero attached hydrogens (tertiary/aromatic N) is 3. The van der Waals surface area contributed by atoms with E-state index in [0.717, 1.165) is 23.5 Å². The summed E-state index contributed by atoms with van der Waals surface area (Å²) in [5, 5.41) is 9.22. The van der Waals surface area contributed by atoms with Crippen LogP contribution in [0, 0.1) is 0 Å². The molecule has 4 heteroatoms. The van der Waals surface area contributed by atoms with Crippen LogP contribution in [0.15, 0.2) is 219 Å². The van der Waals surface area contributed by atoms with Crippen molar-refractivity contribution in [2.24, 2.45) is 0 Å². The predicted molar refractivity (Wildman–Crippen MR) is 243 cm³/mol. The van der Waals surface area contributed by atoms with Crippen LogP contribution < -0.4 is 15.6 Å². The molecule has 270 valence electrons. The Bertz CT molecular complexity index is 2890. The Morgan fingerprint density at radius 3 is 1.35 bits per heavy atom. The second kappa shape index (κ2) is 13.6. The highest BCUT2D eigenvalue weighted by molar-refractivity contribution is 7.13. The molecule has 0 spiro atoms. The van der Waals surface area contributed by atoms with Gasteiger partial charge in [0.15, 0.2) is 8.07 Å². The lowest BCUT2D eigenvalue weighted by Gasteiger charge is -2.41. The fourth-order valence-corrected chi connectivity index (χ4v) is 15.2. The summed E-state index contributed by atoms with van der Waals surface area (Å²) in [5.74, 6) is 0. The monoisotopic (exact) mass is 745 g/mol. The molecule has 0 radical (unpaired) electrons. The molecule has 11 rings (SSSR count). The molecule has 0 aliphatic heterocycles. The van der Waals surface area contributed by atoms with Gasteiger partial charge in [-0.3, -0.25) is 4.98 Å². The lowest BCUT2D eigenvalue weighted by atomic mass is 10.1. The smallest absolute Gasteiger partial charge is 0.156 e. The van der Waals surface area contributed by atoms with Crippen LogP contribution in [0.25, 0.3) is 66.2 Å². The van der Waals surface area contributed by atoms with Gasteiger partial charge in [-0.2, -0.15) is 0 Å². The SMILES string of the molecule is C1=CCC([Si](c2ccc(-n3c4ccccc4c4ccccc43)cc2)(c2ccc(-n3c4ccccc4c4ccccc43)cc2)c2ccccc2-c2ccccn2)C=C1. The number of pyridine rings is 1. The van der Waals surface area contributed by atoms with Crippen LogP contribution in [-0.2, 0) is 0 Å². The van der Waals surface area contributed by atoms with Crippen LogP contribution in [0.3, 0.4) is 0 Å². The lowest BCUT2D eigenvalue weighted by molar-refractivity contribution is 0.997. The molecule has 1 aliphatic rings. The van der Waals surface area contributed by atoms with Crippen LogP contribution in [-0.4, -0.2) is 22.2 Å². The lowest BCUT2D eigenvalue weighted by Crippen LogP contribution is -2.70. The van der Waals surface area contributed by atoms with Crippen LogP contribution in [0.4, 0.5) is 0 Å². The van der Waals surface area contributed by atoms with Gasteiger partial charge in [-0.15, -0.1) is 0 Å². The summed E-state index contributed by atoms with van der Waals surface area (Å²) in [4.78, 5) is 4.95. The molecule has 3 nitrogen and oxygen atoms in total. The minimum absolute atomic E-state index is 0.269. The average molecular weight is 746 g/mol. The first kappa shape index (κ1) is 33.3. The maximum absolute atomic E-state index is 4.95. The van der Waals surface area contributed by atoms with Gasteiger partial charge >= 0.3 is 0 Å². The first-order chi connectivity index (χ1) is 28.3. The molecule has 7 aromatic carbocycles. The van der Waals surface area contributed by atoms with Gasteiger partial charge in [-0.1, -0.05) is 152 Å². The van der Waals surface area contributed by atoms with Crippen molar-refractivity contribution < 1.29 is 0 Å². The van der Waals surface area contributed by atoms with E-state index in [2.05, 4.69) is 215 Å². The molecular formula is C53H39N3Si. The van der Waals surface area contributed by atoms with Crippen LogP contribution >= 0.6 is 0 Å². The Balaban J connectivity index is 1.16. The molecule has 0 bridgehead atoms. The number of fused-ring (bicyclic) bond motifs is 6. The van der Waals surface area contributed by atoms with E-state index in [1.807, 2.05) is 12.3 Å². The second-order valence-electron chi connectivity index (χ2n) is 15.1. The molecule has 3 heterocycles. The number of rotatable bonds is 7. The topological polar surface area (TPSA) is 22.8 Å². The molecule has 0 saturated heterocycles. The highest BCUT2D eigenvalue weighted by Gasteiger charge is 2.47. The maximum atomic E-state index is 4.95. The molecule has 1 aliphatic carbocycles. The van der Waals surface area contributed by atoms with E-state index in [1.165, 1.54) is 64.7 Å². The molecule has 0 N–H and O–H groups in total. The zero-order valence-corrected chi connectivity index (χ0v) is 32.4. The standard InChI is InChI=1S/C53H39N3Si/c1-2-16-40(17-3-1)57(53-28-13-8-22-47(53)48-23-14-15-37-54-48,41-33-29-38(30-34-41)55-49-24-9-4-18-43(49)44-19-5-10-25-50(44)55)42-35-31-39(32-36-42)56-51-26-11-6-20-45(51)46-21-7-12-27-52(46)56/h1-16,18-37,40H,17H2. The predicted octanol–water partition coefficient (Wildman–Crippen LogP) is 11.3. The quantitative estimate of drug-likeness (QED) is 0.118. The molecule has 0 fully saturated rings. The van der Waals surface area contributed by atoms with E-state index in [-0.39, 0.29) is 5.54 Å². The van der Waals surface area contributed by atoms with Crippen molar-refractivity contribution in [3.8, 4) is 22.6 Å². The number of aromatic nitrogens is 3.